The van der Waals surface area contributed by atoms with Gasteiger partial charge in [0.25, 0.3) is 0 Å². The fourth-order valence-electron chi connectivity index (χ4n) is 1.34. The van der Waals surface area contributed by atoms with Crippen molar-refractivity contribution in [2.24, 2.45) is 5.73 Å². The van der Waals surface area contributed by atoms with Crippen LogP contribution in [0.2, 0.25) is 0 Å². The van der Waals surface area contributed by atoms with Crippen LogP contribution in [0, 0.1) is 0 Å². The van der Waals surface area contributed by atoms with E-state index in [1.54, 1.807) is 0 Å². The second-order valence-corrected chi connectivity index (χ2v) is 3.51. The first kappa shape index (κ1) is 11.5. The van der Waals surface area contributed by atoms with Crippen molar-refractivity contribution in [1.82, 2.24) is 10.2 Å². The van der Waals surface area contributed by atoms with Crippen molar-refractivity contribution < 1.29 is 4.79 Å². The summed E-state index contributed by atoms with van der Waals surface area (Å²) < 4.78 is 0. The summed E-state index contributed by atoms with van der Waals surface area (Å²) in [5.74, 6) is 0. The minimum atomic E-state index is -0.469. The standard InChI is InChI=1S/C11H17N3O/c1-14(8-7-13-11(12)15)9-10-5-3-2-4-6-10/h2-6H,7-9H2,1H3,(H3,12,13,15). The Balaban J connectivity index is 2.24. The third kappa shape index (κ3) is 5.02. The lowest BCUT2D eigenvalue weighted by atomic mass is 10.2. The van der Waals surface area contributed by atoms with Crippen LogP contribution in [0.1, 0.15) is 5.56 Å². The molecule has 0 saturated heterocycles. The zero-order valence-electron chi connectivity index (χ0n) is 8.94. The molecule has 0 radical (unpaired) electrons. The van der Waals surface area contributed by atoms with E-state index in [-0.39, 0.29) is 0 Å². The Morgan fingerprint density at radius 1 is 1.40 bits per heavy atom. The summed E-state index contributed by atoms with van der Waals surface area (Å²) in [6, 6.07) is 9.73. The Morgan fingerprint density at radius 2 is 2.07 bits per heavy atom. The molecule has 0 atom stereocenters. The third-order valence-corrected chi connectivity index (χ3v) is 2.09. The second kappa shape index (κ2) is 6.03. The molecule has 0 heterocycles. The maximum absolute atomic E-state index is 10.4. The number of likely N-dealkylation sites (N-methyl/N-ethyl adjacent to an activating group) is 1. The van der Waals surface area contributed by atoms with Gasteiger partial charge in [0.2, 0.25) is 0 Å². The van der Waals surface area contributed by atoms with Gasteiger partial charge < -0.3 is 16.0 Å². The number of amides is 2. The van der Waals surface area contributed by atoms with E-state index in [0.29, 0.717) is 6.54 Å². The summed E-state index contributed by atoms with van der Waals surface area (Å²) in [5.41, 5.74) is 6.23. The monoisotopic (exact) mass is 207 g/mol. The van der Waals surface area contributed by atoms with E-state index in [2.05, 4.69) is 22.3 Å². The lowest BCUT2D eigenvalue weighted by molar-refractivity contribution is 0.246. The summed E-state index contributed by atoms with van der Waals surface area (Å²) in [5, 5.41) is 2.56. The number of urea groups is 1. The van der Waals surface area contributed by atoms with E-state index < -0.39 is 6.03 Å². The summed E-state index contributed by atoms with van der Waals surface area (Å²) in [6.45, 7) is 2.25. The van der Waals surface area contributed by atoms with E-state index in [1.165, 1.54) is 5.56 Å². The van der Waals surface area contributed by atoms with Crippen LogP contribution in [0.15, 0.2) is 30.3 Å². The number of nitrogens with two attached hydrogens (primary N) is 1. The average molecular weight is 207 g/mol. The van der Waals surface area contributed by atoms with Crippen LogP contribution in [0.25, 0.3) is 0 Å². The number of hydrogen-bond donors (Lipinski definition) is 2. The minimum Gasteiger partial charge on any atom is -0.352 e. The minimum absolute atomic E-state index is 0.469. The van der Waals surface area contributed by atoms with E-state index in [9.17, 15) is 4.79 Å². The fraction of sp³-hybridized carbons (Fsp3) is 0.364. The Kier molecular flexibility index (Phi) is 4.63. The van der Waals surface area contributed by atoms with Gasteiger partial charge in [0, 0.05) is 19.6 Å². The van der Waals surface area contributed by atoms with Crippen molar-refractivity contribution in [1.29, 1.82) is 0 Å². The second-order valence-electron chi connectivity index (χ2n) is 3.51. The molecule has 0 unspecified atom stereocenters. The Hall–Kier alpha value is -1.55. The molecular weight excluding hydrogens is 190 g/mol. The molecule has 3 N–H and O–H groups in total. The van der Waals surface area contributed by atoms with Gasteiger partial charge in [-0.1, -0.05) is 30.3 Å². The predicted octanol–water partition coefficient (Wildman–Crippen LogP) is 0.787. The smallest absolute Gasteiger partial charge is 0.312 e. The van der Waals surface area contributed by atoms with Gasteiger partial charge in [0.1, 0.15) is 0 Å². The van der Waals surface area contributed by atoms with E-state index in [0.717, 1.165) is 13.1 Å². The predicted molar refractivity (Wildman–Crippen MR) is 60.4 cm³/mol. The van der Waals surface area contributed by atoms with Gasteiger partial charge in [0.05, 0.1) is 0 Å². The molecule has 0 aliphatic heterocycles. The topological polar surface area (TPSA) is 58.4 Å². The lowest BCUT2D eigenvalue weighted by Crippen LogP contribution is -2.35. The highest BCUT2D eigenvalue weighted by Gasteiger charge is 1.99. The SMILES string of the molecule is CN(CCNC(N)=O)Cc1ccccc1. The third-order valence-electron chi connectivity index (χ3n) is 2.09. The van der Waals surface area contributed by atoms with Crippen molar-refractivity contribution in [3.8, 4) is 0 Å². The summed E-state index contributed by atoms with van der Waals surface area (Å²) >= 11 is 0. The van der Waals surface area contributed by atoms with Gasteiger partial charge in [-0.2, -0.15) is 0 Å². The van der Waals surface area contributed by atoms with Gasteiger partial charge in [-0.15, -0.1) is 0 Å². The molecule has 2 amide bonds. The number of carbonyl (C=O) groups excluding carboxylic acids is 1. The fourth-order valence-corrected chi connectivity index (χ4v) is 1.34. The Bertz CT molecular complexity index is 300. The highest BCUT2D eigenvalue weighted by Crippen LogP contribution is 2.01. The van der Waals surface area contributed by atoms with Crippen LogP contribution in [-0.4, -0.2) is 31.1 Å². The van der Waals surface area contributed by atoms with Crippen LogP contribution in [0.5, 0.6) is 0 Å². The summed E-state index contributed by atoms with van der Waals surface area (Å²) in [6.07, 6.45) is 0. The number of hydrogen-bond acceptors (Lipinski definition) is 2. The van der Waals surface area contributed by atoms with Crippen LogP contribution in [-0.2, 0) is 6.54 Å². The molecule has 82 valence electrons. The van der Waals surface area contributed by atoms with Crippen LogP contribution >= 0.6 is 0 Å². The van der Waals surface area contributed by atoms with Gasteiger partial charge >= 0.3 is 6.03 Å². The molecule has 0 aliphatic carbocycles. The molecule has 0 fully saturated rings. The molecule has 0 bridgehead atoms. The van der Waals surface area contributed by atoms with Crippen LogP contribution in [0.4, 0.5) is 4.79 Å². The molecule has 1 aromatic carbocycles. The van der Waals surface area contributed by atoms with Crippen molar-refractivity contribution >= 4 is 6.03 Å². The maximum Gasteiger partial charge on any atom is 0.312 e. The van der Waals surface area contributed by atoms with Crippen molar-refractivity contribution in [2.75, 3.05) is 20.1 Å². The van der Waals surface area contributed by atoms with Gasteiger partial charge in [0.15, 0.2) is 0 Å². The van der Waals surface area contributed by atoms with Gasteiger partial charge in [-0.3, -0.25) is 0 Å². The normalized spacial score (nSPS) is 10.3. The lowest BCUT2D eigenvalue weighted by Gasteiger charge is -2.16. The molecule has 0 aromatic heterocycles. The Morgan fingerprint density at radius 3 is 2.67 bits per heavy atom. The van der Waals surface area contributed by atoms with E-state index >= 15 is 0 Å². The molecular formula is C11H17N3O. The zero-order chi connectivity index (χ0) is 11.1. The quantitative estimate of drug-likeness (QED) is 0.750. The first-order valence-electron chi connectivity index (χ1n) is 4.94. The van der Waals surface area contributed by atoms with Crippen molar-refractivity contribution in [3.05, 3.63) is 35.9 Å². The maximum atomic E-state index is 10.4. The number of rotatable bonds is 5. The van der Waals surface area contributed by atoms with Gasteiger partial charge in [-0.05, 0) is 12.6 Å². The largest absolute Gasteiger partial charge is 0.352 e. The van der Waals surface area contributed by atoms with Crippen molar-refractivity contribution in [2.45, 2.75) is 6.54 Å². The summed E-state index contributed by atoms with van der Waals surface area (Å²) in [7, 11) is 2.01. The highest BCUT2D eigenvalue weighted by molar-refractivity contribution is 5.71. The van der Waals surface area contributed by atoms with Crippen LogP contribution in [0.3, 0.4) is 0 Å². The summed E-state index contributed by atoms with van der Waals surface area (Å²) in [4.78, 5) is 12.6. The number of nitrogens with zero attached hydrogens (tertiary/aromatic N) is 1. The number of carbonyl (C=O) groups is 1. The first-order chi connectivity index (χ1) is 7.18. The first-order valence-corrected chi connectivity index (χ1v) is 4.94. The van der Waals surface area contributed by atoms with E-state index in [1.807, 2.05) is 25.2 Å². The average Bonchev–Trinajstić information content (AvgIpc) is 2.18. The Labute approximate surface area is 90.1 Å². The van der Waals surface area contributed by atoms with Crippen LogP contribution < -0.4 is 11.1 Å². The zero-order valence-corrected chi connectivity index (χ0v) is 8.94. The number of nitrogens with one attached hydrogen (secondary N) is 1. The molecule has 15 heavy (non-hydrogen) atoms. The molecule has 0 aliphatic rings. The molecule has 4 nitrogen and oxygen atoms in total. The van der Waals surface area contributed by atoms with Crippen molar-refractivity contribution in [3.63, 3.8) is 0 Å². The molecule has 1 aromatic rings. The molecule has 0 saturated carbocycles. The number of benzene rings is 1. The molecule has 4 heteroatoms. The molecule has 1 rings (SSSR count). The van der Waals surface area contributed by atoms with Gasteiger partial charge in [-0.25, -0.2) is 4.79 Å². The van der Waals surface area contributed by atoms with E-state index in [4.69, 9.17) is 5.73 Å². The number of primary amides is 1. The molecule has 0 spiro atoms. The highest BCUT2D eigenvalue weighted by atomic mass is 16.2.